The number of nitrogens with zero attached hydrogens (tertiary/aromatic N) is 5. The van der Waals surface area contributed by atoms with E-state index >= 15 is 0 Å². The molecule has 0 aliphatic carbocycles. The van der Waals surface area contributed by atoms with E-state index in [-0.39, 0.29) is 17.5 Å². The Balaban J connectivity index is 1.51. The van der Waals surface area contributed by atoms with Crippen molar-refractivity contribution in [1.82, 2.24) is 25.1 Å². The van der Waals surface area contributed by atoms with E-state index in [1.54, 1.807) is 17.5 Å². The van der Waals surface area contributed by atoms with E-state index in [1.807, 2.05) is 32.2 Å². The van der Waals surface area contributed by atoms with Crippen LogP contribution >= 0.6 is 11.3 Å². The van der Waals surface area contributed by atoms with E-state index < -0.39 is 9.84 Å². The average Bonchev–Trinajstić information content (AvgIpc) is 3.49. The van der Waals surface area contributed by atoms with Crippen LogP contribution in [-0.4, -0.2) is 84.2 Å². The molecular formula is C24H29N7O3S2. The predicted molar refractivity (Wildman–Crippen MR) is 144 cm³/mol. The molecule has 1 aliphatic rings. The number of rotatable bonds is 7. The summed E-state index contributed by atoms with van der Waals surface area (Å²) in [5, 5.41) is 15.8. The Bertz CT molecular complexity index is 1520. The third-order valence-corrected chi connectivity index (χ3v) is 8.69. The number of ether oxygens (including phenoxy) is 1. The third kappa shape index (κ3) is 4.99. The highest BCUT2D eigenvalue weighted by Crippen LogP contribution is 2.36. The van der Waals surface area contributed by atoms with Crippen molar-refractivity contribution in [2.24, 2.45) is 0 Å². The number of thiophene rings is 1. The Kier molecular flexibility index (Phi) is 6.77. The molecule has 0 bridgehead atoms. The van der Waals surface area contributed by atoms with Crippen LogP contribution < -0.4 is 4.90 Å². The Hall–Kier alpha value is -2.93. The molecule has 4 heterocycles. The molecule has 3 aromatic heterocycles. The van der Waals surface area contributed by atoms with Crippen molar-refractivity contribution in [3.8, 4) is 11.4 Å². The first kappa shape index (κ1) is 24.8. The number of aromatic amines is 1. The highest BCUT2D eigenvalue weighted by Gasteiger charge is 2.23. The monoisotopic (exact) mass is 527 g/mol. The fraction of sp³-hybridized carbons (Fsp3) is 0.417. The zero-order chi connectivity index (χ0) is 25.4. The van der Waals surface area contributed by atoms with Crippen molar-refractivity contribution < 1.29 is 13.2 Å². The first-order valence-corrected chi connectivity index (χ1v) is 14.4. The lowest BCUT2D eigenvalue weighted by atomic mass is 10.1. The molecule has 36 heavy (non-hydrogen) atoms. The van der Waals surface area contributed by atoms with Crippen LogP contribution in [0.15, 0.2) is 30.5 Å². The molecular weight excluding hydrogens is 498 g/mol. The molecule has 4 aromatic rings. The van der Waals surface area contributed by atoms with Gasteiger partial charge in [-0.3, -0.25) is 15.4 Å². The highest BCUT2D eigenvalue weighted by atomic mass is 32.2. The minimum absolute atomic E-state index is 0.100. The van der Waals surface area contributed by atoms with Crippen molar-refractivity contribution >= 4 is 53.2 Å². The Morgan fingerprint density at radius 1 is 1.31 bits per heavy atom. The third-order valence-electron chi connectivity index (χ3n) is 6.53. The maximum Gasteiger partial charge on any atom is 0.188 e. The number of morpholine rings is 1. The van der Waals surface area contributed by atoms with Crippen LogP contribution in [0.4, 0.5) is 5.82 Å². The molecule has 190 valence electrons. The Morgan fingerprint density at radius 2 is 2.08 bits per heavy atom. The first-order valence-electron chi connectivity index (χ1n) is 11.7. The summed E-state index contributed by atoms with van der Waals surface area (Å²) in [5.41, 5.74) is 2.74. The van der Waals surface area contributed by atoms with Gasteiger partial charge in [-0.25, -0.2) is 18.4 Å². The van der Waals surface area contributed by atoms with Gasteiger partial charge in [0, 0.05) is 54.2 Å². The summed E-state index contributed by atoms with van der Waals surface area (Å²) in [6.45, 7) is 5.40. The van der Waals surface area contributed by atoms with Crippen LogP contribution in [0, 0.1) is 5.41 Å². The van der Waals surface area contributed by atoms with Gasteiger partial charge in [-0.15, -0.1) is 11.3 Å². The molecule has 1 aliphatic heterocycles. The molecule has 12 heteroatoms. The van der Waals surface area contributed by atoms with Crippen molar-refractivity contribution in [3.63, 3.8) is 0 Å². The lowest BCUT2D eigenvalue weighted by Gasteiger charge is -2.28. The molecule has 2 N–H and O–H groups in total. The maximum atomic E-state index is 11.7. The van der Waals surface area contributed by atoms with E-state index in [2.05, 4.69) is 26.1 Å². The Morgan fingerprint density at radius 3 is 2.83 bits per heavy atom. The zero-order valence-corrected chi connectivity index (χ0v) is 22.1. The van der Waals surface area contributed by atoms with Crippen LogP contribution in [0.5, 0.6) is 0 Å². The van der Waals surface area contributed by atoms with Gasteiger partial charge in [0.2, 0.25) is 0 Å². The fourth-order valence-corrected chi connectivity index (χ4v) is 6.01. The highest BCUT2D eigenvalue weighted by molar-refractivity contribution is 8.05. The van der Waals surface area contributed by atoms with Crippen molar-refractivity contribution in [2.45, 2.75) is 25.9 Å². The van der Waals surface area contributed by atoms with E-state index in [0.717, 1.165) is 56.7 Å². The molecule has 5 rings (SSSR count). The number of aromatic nitrogens is 4. The van der Waals surface area contributed by atoms with Gasteiger partial charge in [0.1, 0.15) is 5.04 Å². The summed E-state index contributed by atoms with van der Waals surface area (Å²) in [6, 6.07) is 7.96. The summed E-state index contributed by atoms with van der Waals surface area (Å²) in [5.74, 6) is 1.56. The van der Waals surface area contributed by atoms with E-state index in [4.69, 9.17) is 20.1 Å². The number of sulfone groups is 1. The number of anilines is 1. The fourth-order valence-electron chi connectivity index (χ4n) is 4.29. The van der Waals surface area contributed by atoms with Crippen LogP contribution in [-0.2, 0) is 21.1 Å². The molecule has 0 radical (unpaired) electrons. The number of benzene rings is 1. The number of nitrogens with one attached hydrogen (secondary N) is 2. The lowest BCUT2D eigenvalue weighted by Crippen LogP contribution is -2.36. The van der Waals surface area contributed by atoms with Crippen molar-refractivity contribution in [1.29, 1.82) is 5.41 Å². The van der Waals surface area contributed by atoms with Crippen LogP contribution in [0.1, 0.15) is 18.2 Å². The SMILES string of the molecule is CC(CC(=N)S(C)(=O)=O)N(C)Cc1cc2nc(-c3cccc4[nH]ncc34)nc(N3CCOCC3)c2s1. The molecule has 1 atom stereocenters. The minimum atomic E-state index is -3.47. The molecule has 1 saturated heterocycles. The summed E-state index contributed by atoms with van der Waals surface area (Å²) in [6.07, 6.45) is 3.07. The summed E-state index contributed by atoms with van der Waals surface area (Å²) >= 11 is 1.66. The standard InChI is InChI=1S/C24H29N7O3S2/c1-15(11-21(25)36(3,32)33)30(2)14-16-12-20-22(35-16)24(31-7-9-34-10-8-31)28-23(27-20)17-5-4-6-19-18(17)13-26-29-19/h4-6,12-13,15,25H,7-11,14H2,1-3H3,(H,26,29). The van der Waals surface area contributed by atoms with Gasteiger partial charge < -0.3 is 9.64 Å². The quantitative estimate of drug-likeness (QED) is 0.277. The first-order chi connectivity index (χ1) is 17.2. The molecule has 1 aromatic carbocycles. The number of H-pyrrole nitrogens is 1. The lowest BCUT2D eigenvalue weighted by molar-refractivity contribution is 0.122. The summed E-state index contributed by atoms with van der Waals surface area (Å²) in [4.78, 5) is 15.4. The number of hydrogen-bond acceptors (Lipinski definition) is 10. The van der Waals surface area contributed by atoms with Crippen molar-refractivity contribution in [3.05, 3.63) is 35.3 Å². The normalized spacial score (nSPS) is 15.7. The van der Waals surface area contributed by atoms with Gasteiger partial charge in [-0.2, -0.15) is 5.10 Å². The second-order valence-corrected chi connectivity index (χ2v) is 12.4. The van der Waals surface area contributed by atoms with Gasteiger partial charge in [0.05, 0.1) is 35.1 Å². The predicted octanol–water partition coefficient (Wildman–Crippen LogP) is 3.30. The largest absolute Gasteiger partial charge is 0.378 e. The van der Waals surface area contributed by atoms with Gasteiger partial charge >= 0.3 is 0 Å². The van der Waals surface area contributed by atoms with Crippen LogP contribution in [0.3, 0.4) is 0 Å². The molecule has 1 unspecified atom stereocenters. The second kappa shape index (κ2) is 9.85. The van der Waals surface area contributed by atoms with E-state index in [0.29, 0.717) is 25.6 Å². The molecule has 0 saturated carbocycles. The summed E-state index contributed by atoms with van der Waals surface area (Å²) < 4.78 is 30.0. The maximum absolute atomic E-state index is 11.7. The second-order valence-electron chi connectivity index (χ2n) is 9.20. The zero-order valence-electron chi connectivity index (χ0n) is 20.5. The molecule has 0 spiro atoms. The van der Waals surface area contributed by atoms with Crippen LogP contribution in [0.2, 0.25) is 0 Å². The van der Waals surface area contributed by atoms with E-state index in [1.165, 1.54) is 0 Å². The van der Waals surface area contributed by atoms with Gasteiger partial charge in [0.25, 0.3) is 0 Å². The van der Waals surface area contributed by atoms with Gasteiger partial charge in [0.15, 0.2) is 21.5 Å². The molecule has 1 fully saturated rings. The minimum Gasteiger partial charge on any atom is -0.378 e. The van der Waals surface area contributed by atoms with Crippen LogP contribution in [0.25, 0.3) is 32.5 Å². The van der Waals surface area contributed by atoms with Gasteiger partial charge in [-0.05, 0) is 26.1 Å². The molecule has 10 nitrogen and oxygen atoms in total. The Labute approximate surface area is 213 Å². The van der Waals surface area contributed by atoms with Gasteiger partial charge in [-0.1, -0.05) is 12.1 Å². The number of hydrogen-bond donors (Lipinski definition) is 2. The molecule has 0 amide bonds. The van der Waals surface area contributed by atoms with E-state index in [9.17, 15) is 8.42 Å². The topological polar surface area (TPSA) is 128 Å². The van der Waals surface area contributed by atoms with Crippen molar-refractivity contribution in [2.75, 3.05) is 44.5 Å². The average molecular weight is 528 g/mol. The number of fused-ring (bicyclic) bond motifs is 2. The smallest absolute Gasteiger partial charge is 0.188 e. The summed E-state index contributed by atoms with van der Waals surface area (Å²) in [7, 11) is -1.52.